The lowest BCUT2D eigenvalue weighted by Crippen LogP contribution is -2.29. The number of carbonyl (C=O) groups excluding carboxylic acids is 3. The van der Waals surface area contributed by atoms with Gasteiger partial charge in [-0.15, -0.1) is 0 Å². The van der Waals surface area contributed by atoms with E-state index in [-0.39, 0.29) is 31.0 Å². The molecular formula is C44H74O16P2. The molecule has 7 atom stereocenters. The van der Waals surface area contributed by atoms with E-state index in [0.717, 1.165) is 44.9 Å². The molecule has 18 heteroatoms. The molecule has 0 aromatic rings. The van der Waals surface area contributed by atoms with Gasteiger partial charge in [-0.2, -0.15) is 0 Å². The highest BCUT2D eigenvalue weighted by Gasteiger charge is 2.39. The number of ketones is 1. The number of unbranched alkanes of at least 4 members (excludes halogenated alkanes) is 8. The van der Waals surface area contributed by atoms with Crippen LogP contribution < -0.4 is 0 Å². The van der Waals surface area contributed by atoms with Gasteiger partial charge in [0.25, 0.3) is 0 Å². The van der Waals surface area contributed by atoms with Crippen LogP contribution in [0.3, 0.4) is 0 Å². The van der Waals surface area contributed by atoms with Gasteiger partial charge >= 0.3 is 27.6 Å². The Hall–Kier alpha value is -2.59. The molecule has 0 heterocycles. The Labute approximate surface area is 368 Å². The van der Waals surface area contributed by atoms with Gasteiger partial charge in [-0.05, 0) is 70.6 Å². The van der Waals surface area contributed by atoms with E-state index in [4.69, 9.17) is 23.8 Å². The second kappa shape index (κ2) is 34.8. The molecule has 356 valence electrons. The second-order valence-electron chi connectivity index (χ2n) is 15.4. The van der Waals surface area contributed by atoms with Crippen molar-refractivity contribution in [3.8, 4) is 0 Å². The molecule has 1 rings (SSSR count). The number of Topliss-reactive ketones (excluding diaryl/α,β-unsaturated/α-hetero) is 1. The van der Waals surface area contributed by atoms with Crippen molar-refractivity contribution in [1.29, 1.82) is 0 Å². The van der Waals surface area contributed by atoms with Crippen molar-refractivity contribution in [2.24, 2.45) is 11.8 Å². The maximum atomic E-state index is 12.7. The predicted octanol–water partition coefficient (Wildman–Crippen LogP) is 7.81. The highest BCUT2D eigenvalue weighted by Crippen LogP contribution is 2.44. The smallest absolute Gasteiger partial charge is 0.462 e. The van der Waals surface area contributed by atoms with Crippen LogP contribution >= 0.6 is 15.6 Å². The first-order chi connectivity index (χ1) is 29.6. The summed E-state index contributed by atoms with van der Waals surface area (Å²) in [5.41, 5.74) is 0. The van der Waals surface area contributed by atoms with Crippen LogP contribution in [-0.4, -0.2) is 98.6 Å². The first-order valence-corrected chi connectivity index (χ1v) is 25.1. The van der Waals surface area contributed by atoms with E-state index in [1.807, 2.05) is 18.2 Å². The molecule has 0 saturated heterocycles. The third-order valence-electron chi connectivity index (χ3n) is 9.75. The molecule has 6 N–H and O–H groups in total. The molecule has 0 radical (unpaired) electrons. The molecule has 0 aliphatic heterocycles. The van der Waals surface area contributed by atoms with Crippen LogP contribution in [0.15, 0.2) is 60.8 Å². The maximum Gasteiger partial charge on any atom is 0.472 e. The van der Waals surface area contributed by atoms with Crippen molar-refractivity contribution >= 4 is 33.4 Å². The van der Waals surface area contributed by atoms with Gasteiger partial charge in [-0.1, -0.05) is 107 Å². The first kappa shape index (κ1) is 57.4. The Morgan fingerprint density at radius 2 is 1.27 bits per heavy atom. The molecular weight excluding hydrogens is 846 g/mol. The molecule has 62 heavy (non-hydrogen) atoms. The minimum absolute atomic E-state index is 0.00660. The first-order valence-electron chi connectivity index (χ1n) is 22.1. The number of aliphatic hydroxyl groups excluding tert-OH is 3. The summed E-state index contributed by atoms with van der Waals surface area (Å²) < 4.78 is 47.7. The Kier molecular flexibility index (Phi) is 32.2. The molecule has 1 aliphatic rings. The lowest BCUT2D eigenvalue weighted by Gasteiger charge is -2.20. The summed E-state index contributed by atoms with van der Waals surface area (Å²) >= 11 is 0. The number of hydrogen-bond acceptors (Lipinski definition) is 13. The minimum Gasteiger partial charge on any atom is -0.462 e. The van der Waals surface area contributed by atoms with Gasteiger partial charge in [-0.3, -0.25) is 28.0 Å². The number of hydrogen-bond donors (Lipinski definition) is 6. The Bertz CT molecular complexity index is 1490. The number of rotatable bonds is 37. The highest BCUT2D eigenvalue weighted by molar-refractivity contribution is 7.47. The zero-order valence-electron chi connectivity index (χ0n) is 36.7. The summed E-state index contributed by atoms with van der Waals surface area (Å²) in [4.78, 5) is 65.4. The topological polar surface area (TPSA) is 253 Å². The average Bonchev–Trinajstić information content (AvgIpc) is 3.49. The summed E-state index contributed by atoms with van der Waals surface area (Å²) in [6.45, 7) is 1.26. The van der Waals surface area contributed by atoms with Crippen molar-refractivity contribution < 1.29 is 76.6 Å². The maximum absolute atomic E-state index is 12.7. The highest BCUT2D eigenvalue weighted by atomic mass is 31.2. The largest absolute Gasteiger partial charge is 0.472 e. The quantitative estimate of drug-likeness (QED) is 0.0150. The minimum atomic E-state index is -4.90. The zero-order valence-corrected chi connectivity index (χ0v) is 38.5. The van der Waals surface area contributed by atoms with Crippen LogP contribution in [0.2, 0.25) is 0 Å². The number of allylic oxidation sites excluding steroid dienone is 9. The number of aliphatic hydroxyl groups is 3. The van der Waals surface area contributed by atoms with Crippen LogP contribution in [0.25, 0.3) is 0 Å². The summed E-state index contributed by atoms with van der Waals surface area (Å²) in [7, 11) is -9.79. The molecule has 1 aliphatic carbocycles. The molecule has 1 saturated carbocycles. The lowest BCUT2D eigenvalue weighted by molar-refractivity contribution is -0.161. The third kappa shape index (κ3) is 31.3. The van der Waals surface area contributed by atoms with E-state index >= 15 is 0 Å². The van der Waals surface area contributed by atoms with Crippen molar-refractivity contribution in [3.05, 3.63) is 60.8 Å². The van der Waals surface area contributed by atoms with E-state index in [2.05, 4.69) is 53.3 Å². The van der Waals surface area contributed by atoms with Gasteiger partial charge in [0.15, 0.2) is 6.10 Å². The number of carbonyl (C=O) groups is 3. The molecule has 1 fully saturated rings. The van der Waals surface area contributed by atoms with E-state index in [1.165, 1.54) is 19.3 Å². The van der Waals surface area contributed by atoms with Gasteiger partial charge in [-0.25, -0.2) is 9.13 Å². The fourth-order valence-corrected chi connectivity index (χ4v) is 7.43. The van der Waals surface area contributed by atoms with Crippen LogP contribution in [0.1, 0.15) is 136 Å². The van der Waals surface area contributed by atoms with Crippen molar-refractivity contribution in [3.63, 3.8) is 0 Å². The number of ether oxygens (including phenoxy) is 2. The predicted molar refractivity (Wildman–Crippen MR) is 235 cm³/mol. The molecule has 0 amide bonds. The molecule has 1 unspecified atom stereocenters. The van der Waals surface area contributed by atoms with E-state index in [0.29, 0.717) is 38.5 Å². The van der Waals surface area contributed by atoms with E-state index < -0.39 is 84.3 Å². The van der Waals surface area contributed by atoms with Gasteiger partial charge < -0.3 is 39.5 Å². The standard InChI is InChI=1S/C44H74O16P2/c1-3-5-7-8-9-10-11-12-13-14-15-16-17-18-24-28-44(50)60-38(35-59-62(54,55)58-33-37(46)32-57-61(51,52)53)34-56-43(49)27-23-20-19-22-26-39-40(42(48)31-41(39)47)30-29-36(45)25-21-6-4-2/h9-10,12-13,15-16,19,22,29-30,36-41,45-47H,3-8,11,14,17-18,20-21,23-28,31-35H2,1-2H3,(H,54,55)(H2,51,52,53)/b10-9-,13-12-,16-15-,22-19-,30-29+/t36-,37-,38+,39+,40+,41-/m0/s1. The number of phosphoric ester groups is 2. The van der Waals surface area contributed by atoms with Crippen LogP contribution in [0.4, 0.5) is 0 Å². The summed E-state index contributed by atoms with van der Waals surface area (Å²) in [6, 6.07) is 0. The number of esters is 2. The number of phosphoric acid groups is 2. The van der Waals surface area contributed by atoms with Crippen LogP contribution in [-0.2, 0) is 46.6 Å². The van der Waals surface area contributed by atoms with Crippen molar-refractivity contribution in [1.82, 2.24) is 0 Å². The Balaban J connectivity index is 2.61. The summed E-state index contributed by atoms with van der Waals surface area (Å²) in [5.74, 6) is -2.15. The van der Waals surface area contributed by atoms with Gasteiger partial charge in [0.2, 0.25) is 0 Å². The van der Waals surface area contributed by atoms with E-state index in [9.17, 15) is 43.7 Å². The normalized spacial score (nSPS) is 19.9. The van der Waals surface area contributed by atoms with Gasteiger partial charge in [0, 0.05) is 31.1 Å². The second-order valence-corrected chi connectivity index (χ2v) is 18.1. The fraction of sp³-hybridized carbons (Fsp3) is 0.705. The van der Waals surface area contributed by atoms with Gasteiger partial charge in [0.05, 0.1) is 32.0 Å². The summed E-state index contributed by atoms with van der Waals surface area (Å²) in [5, 5.41) is 30.5. The fourth-order valence-electron chi connectivity index (χ4n) is 6.28. The van der Waals surface area contributed by atoms with Crippen LogP contribution in [0.5, 0.6) is 0 Å². The average molecular weight is 921 g/mol. The SMILES string of the molecule is CCCCC/C=C\C/C=C\C/C=C\CCCCC(=O)O[C@H](COC(=O)CCC/C=C\C[C@H]1[C@@H](O)CC(=O)[C@@H]1/C=C/[C@@H](O)CCCCC)COP(=O)(O)OC[C@@H](O)COP(=O)(O)O. The molecule has 0 aromatic carbocycles. The Morgan fingerprint density at radius 3 is 1.94 bits per heavy atom. The molecule has 0 aromatic heterocycles. The third-order valence-corrected chi connectivity index (χ3v) is 11.2. The lowest BCUT2D eigenvalue weighted by atomic mass is 9.90. The monoisotopic (exact) mass is 920 g/mol. The van der Waals surface area contributed by atoms with E-state index in [1.54, 1.807) is 12.2 Å². The molecule has 0 bridgehead atoms. The Morgan fingerprint density at radius 1 is 0.710 bits per heavy atom. The van der Waals surface area contributed by atoms with Gasteiger partial charge in [0.1, 0.15) is 18.5 Å². The zero-order chi connectivity index (χ0) is 46.1. The van der Waals surface area contributed by atoms with Crippen molar-refractivity contribution in [2.75, 3.05) is 26.4 Å². The van der Waals surface area contributed by atoms with Crippen molar-refractivity contribution in [2.45, 2.75) is 160 Å². The van der Waals surface area contributed by atoms with Crippen LogP contribution in [0, 0.1) is 11.8 Å². The summed E-state index contributed by atoms with van der Waals surface area (Å²) in [6.07, 6.45) is 28.8. The molecule has 16 nitrogen and oxygen atoms in total. The molecule has 0 spiro atoms.